The molecule has 3 aliphatic heterocycles. The number of Topliss-reactive ketones (excluding diaryl/α,β-unsaturated/α-hetero) is 3. The van der Waals surface area contributed by atoms with E-state index < -0.39 is 106 Å². The number of nitrogens with one attached hydrogen (secondary N) is 14. The van der Waals surface area contributed by atoms with Gasteiger partial charge in [-0.2, -0.15) is 0 Å². The maximum Gasteiger partial charge on any atom is 0.249 e. The number of ketones is 3. The fraction of sp³-hybridized carbons (Fsp3) is 0.617. The number of hydrogen-bond acceptors (Lipinski definition) is 18. The van der Waals surface area contributed by atoms with Crippen molar-refractivity contribution >= 4 is 118 Å². The van der Waals surface area contributed by atoms with Crippen LogP contribution in [0.2, 0.25) is 5.02 Å². The maximum absolute atomic E-state index is 13.9. The predicted molar refractivity (Wildman–Crippen MR) is 507 cm³/mol. The molecule has 0 aromatic heterocycles. The van der Waals surface area contributed by atoms with Crippen LogP contribution in [0.15, 0.2) is 99.9 Å². The van der Waals surface area contributed by atoms with Gasteiger partial charge >= 0.3 is 0 Å². The number of nitrogens with zero attached hydrogens (tertiary/aromatic N) is 4. The van der Waals surface area contributed by atoms with E-state index in [1.165, 1.54) is 4.90 Å². The van der Waals surface area contributed by atoms with Gasteiger partial charge in [0.05, 0.1) is 16.6 Å². The minimum absolute atomic E-state index is 0.0781. The SMILES string of the molecule is CC[C@@H]1NC(=O)[C@H](CCCN=C(N)N)CC(=O)[C@](C)(NC(=O)C(C)C)CCCCN(C)C(=O)[C@@H](c2ccc(Cl)cc2)NC1=O.CC[C@@H]1NC(=O)[C@H](CCCNC(=NC)NC)CC(=O)[C@](C)(NC(=O)C(C)C)CCCCNC(=O)[C@@H](c2ccccc2)NC1=O.CC[C@@H]1NC(=O)[C@H](CCCNC(N)=NC)CC(=O)[C@](C)(NC(=O)C(C)C)CCCCNC(=O)[C@@H](c2ccccc2)NC1=O. The number of likely N-dealkylation sites (N-methyl/N-ethyl adjacent to an activating group) is 1. The Morgan fingerprint density at radius 2 is 0.809 bits per heavy atom. The molecule has 6 rings (SSSR count). The lowest BCUT2D eigenvalue weighted by molar-refractivity contribution is -0.138. The molecule has 3 aromatic carbocycles. The van der Waals surface area contributed by atoms with E-state index in [9.17, 15) is 71.9 Å². The molecule has 3 heterocycles. The van der Waals surface area contributed by atoms with Crippen LogP contribution in [-0.4, -0.2) is 213 Å². The maximum atomic E-state index is 13.9. The minimum Gasteiger partial charge on any atom is -0.370 e. The number of benzene rings is 3. The van der Waals surface area contributed by atoms with Crippen molar-refractivity contribution in [3.63, 3.8) is 0 Å². The predicted octanol–water partition coefficient (Wildman–Crippen LogP) is 5.37. The summed E-state index contributed by atoms with van der Waals surface area (Å²) in [5.74, 6) is -8.06. The van der Waals surface area contributed by atoms with Gasteiger partial charge in [-0.25, -0.2) is 0 Å². The lowest BCUT2D eigenvalue weighted by atomic mass is 9.83. The quantitative estimate of drug-likeness (QED) is 0.0304. The van der Waals surface area contributed by atoms with E-state index in [1.807, 2.05) is 12.1 Å². The van der Waals surface area contributed by atoms with E-state index in [-0.39, 0.29) is 134 Å². The highest BCUT2D eigenvalue weighted by atomic mass is 35.5. The standard InChI is InChI=1S/C32H51N7O5.C31H48ClN7O5.C31H49N7O5/c1-7-24-29(43)38-26(22-14-9-8-10-15-22)30(44)35-18-12-11-17-32(4,39-27(41)21(2)3)25(40)20-23(28(42)37-24)16-13-19-36-31(33-5)34-6;1-6-23-28(43)37-25(20-11-13-22(32)14-12-20)29(44)39(5)17-8-7-15-31(4,38-26(41)19(2)3)24(40)18-21(27(42)36-23)10-9-16-35-30(33)34;1-6-23-28(42)37-25(21-13-8-7-9-14-21)29(43)34-17-11-10-16-31(4,38-26(40)20(2)3)24(39)19-22(27(41)36-23)15-12-18-35-30(32)33-5/h8-10,14-15,21,23-24,26H,7,11-13,16-20H2,1-6H3,(H,35,44)(H,37,42)(H,38,43)(H,39,41)(H2,33,34,36);11-14,19,21,23,25H,6-10,15-18H2,1-5H3,(H,36,42)(H,37,43)(H,38,41)(H4,33,34,35);7-9,13-14,20,22-23,25H,6,10-12,15-19H2,1-5H3,(H,34,43)(H,36,41)(H,37,42)(H,38,40)(H3,32,33,35)/t23-,24+,26-,32-;21-,23+,25-,31-;22-,23+,25-,31-/m111/s1. The number of amides is 12. The number of hydrogen-bond donors (Lipinski definition) is 17. The molecule has 0 saturated carbocycles. The van der Waals surface area contributed by atoms with Crippen LogP contribution in [0.25, 0.3) is 0 Å². The van der Waals surface area contributed by atoms with E-state index in [1.54, 1.807) is 184 Å². The van der Waals surface area contributed by atoms with Crippen molar-refractivity contribution in [1.82, 2.24) is 79.3 Å². The molecule has 0 spiro atoms. The summed E-state index contributed by atoms with van der Waals surface area (Å²) < 4.78 is 0. The molecule has 12 atom stereocenters. The van der Waals surface area contributed by atoms with Gasteiger partial charge in [-0.05, 0) is 165 Å². The van der Waals surface area contributed by atoms with E-state index in [0.29, 0.717) is 150 Å². The fourth-order valence-electron chi connectivity index (χ4n) is 14.9. The lowest BCUT2D eigenvalue weighted by Crippen LogP contribution is -2.55. The Balaban J connectivity index is 0.000000411. The van der Waals surface area contributed by atoms with Gasteiger partial charge in [-0.15, -0.1) is 0 Å². The summed E-state index contributed by atoms with van der Waals surface area (Å²) in [6.07, 6.45) is 7.19. The molecule has 0 aliphatic carbocycles. The molecule has 12 amide bonds. The Kier molecular flexibility index (Phi) is 48.5. The average Bonchev–Trinajstić information content (AvgIpc) is 0.830. The van der Waals surface area contributed by atoms with Gasteiger partial charge in [-0.1, -0.05) is 147 Å². The molecule has 36 nitrogen and oxygen atoms in total. The van der Waals surface area contributed by atoms with Crippen LogP contribution in [-0.2, 0) is 71.9 Å². The largest absolute Gasteiger partial charge is 0.370 e. The third-order valence-electron chi connectivity index (χ3n) is 23.6. The topological polar surface area (TPSA) is 543 Å². The molecule has 726 valence electrons. The van der Waals surface area contributed by atoms with Gasteiger partial charge in [0.15, 0.2) is 35.2 Å². The number of aliphatic imine (C=N–C) groups is 3. The first-order chi connectivity index (χ1) is 62.0. The van der Waals surface area contributed by atoms with Crippen LogP contribution < -0.4 is 91.6 Å². The van der Waals surface area contributed by atoms with E-state index in [0.717, 1.165) is 0 Å². The van der Waals surface area contributed by atoms with Crippen LogP contribution in [0.4, 0.5) is 0 Å². The normalized spacial score (nSPS) is 24.7. The third kappa shape index (κ3) is 37.7. The molecule has 3 fully saturated rings. The Morgan fingerprint density at radius 1 is 0.458 bits per heavy atom. The first kappa shape index (κ1) is 112. The monoisotopic (exact) mass is 1850 g/mol. The van der Waals surface area contributed by atoms with Crippen LogP contribution in [0.5, 0.6) is 0 Å². The highest BCUT2D eigenvalue weighted by Gasteiger charge is 2.43. The first-order valence-corrected chi connectivity index (χ1v) is 46.4. The molecule has 0 bridgehead atoms. The van der Waals surface area contributed by atoms with E-state index >= 15 is 0 Å². The van der Waals surface area contributed by atoms with Crippen molar-refractivity contribution in [3.8, 4) is 0 Å². The van der Waals surface area contributed by atoms with Crippen molar-refractivity contribution in [2.45, 2.75) is 271 Å². The van der Waals surface area contributed by atoms with Crippen molar-refractivity contribution in [3.05, 3.63) is 107 Å². The van der Waals surface area contributed by atoms with Gasteiger partial charge in [0.1, 0.15) is 36.3 Å². The fourth-order valence-corrected chi connectivity index (χ4v) is 15.0. The molecule has 131 heavy (non-hydrogen) atoms. The van der Waals surface area contributed by atoms with Gasteiger partial charge < -0.3 is 96.5 Å². The van der Waals surface area contributed by atoms with Crippen molar-refractivity contribution in [2.75, 3.05) is 67.5 Å². The second-order valence-electron chi connectivity index (χ2n) is 35.2. The molecule has 3 saturated heterocycles. The van der Waals surface area contributed by atoms with Gasteiger partial charge in [0.25, 0.3) is 0 Å². The molecule has 3 aromatic rings. The third-order valence-corrected chi connectivity index (χ3v) is 23.9. The van der Waals surface area contributed by atoms with Crippen molar-refractivity contribution < 1.29 is 71.9 Å². The number of carbonyl (C=O) groups is 15. The molecule has 0 unspecified atom stereocenters. The molecular weight excluding hydrogens is 1700 g/mol. The molecule has 37 heteroatoms. The van der Waals surface area contributed by atoms with Crippen LogP contribution in [0.3, 0.4) is 0 Å². The zero-order valence-corrected chi connectivity index (χ0v) is 80.4. The Hall–Kier alpha value is -11.6. The summed E-state index contributed by atoms with van der Waals surface area (Å²) in [5.41, 5.74) is 14.8. The average molecular weight is 1850 g/mol. The lowest BCUT2D eigenvalue weighted by Gasteiger charge is -2.33. The first-order valence-electron chi connectivity index (χ1n) is 46.0. The van der Waals surface area contributed by atoms with Crippen LogP contribution in [0, 0.1) is 35.5 Å². The smallest absolute Gasteiger partial charge is 0.249 e. The summed E-state index contributed by atoms with van der Waals surface area (Å²) in [6.45, 7) is 23.1. The number of carbonyl (C=O) groups excluding carboxylic acids is 15. The summed E-state index contributed by atoms with van der Waals surface area (Å²) in [4.78, 5) is 215. The molecule has 3 aliphatic rings. The number of halogens is 1. The van der Waals surface area contributed by atoms with E-state index in [2.05, 4.69) is 89.4 Å². The van der Waals surface area contributed by atoms with Crippen LogP contribution >= 0.6 is 11.6 Å². The number of rotatable bonds is 24. The molecular formula is C94H148ClN21O15. The zero-order chi connectivity index (χ0) is 97.7. The van der Waals surface area contributed by atoms with Crippen molar-refractivity contribution in [1.29, 1.82) is 0 Å². The molecule has 20 N–H and O–H groups in total. The summed E-state index contributed by atoms with van der Waals surface area (Å²) in [6, 6.07) is 18.8. The minimum atomic E-state index is -1.23. The van der Waals surface area contributed by atoms with Gasteiger partial charge in [0.2, 0.25) is 70.9 Å². The Morgan fingerprint density at radius 3 is 1.15 bits per heavy atom. The second-order valence-corrected chi connectivity index (χ2v) is 35.7. The van der Waals surface area contributed by atoms with Crippen LogP contribution in [0.1, 0.15) is 253 Å². The summed E-state index contributed by atoms with van der Waals surface area (Å²) >= 11 is 6.07. The zero-order valence-electron chi connectivity index (χ0n) is 79.6. The second kappa shape index (κ2) is 56.9. The van der Waals surface area contributed by atoms with Gasteiger partial charge in [0, 0.05) is 127 Å². The Labute approximate surface area is 777 Å². The number of guanidine groups is 3. The molecule has 0 radical (unpaired) electrons. The number of nitrogens with two attached hydrogens (primary N) is 3. The van der Waals surface area contributed by atoms with Gasteiger partial charge in [-0.3, -0.25) is 86.9 Å². The van der Waals surface area contributed by atoms with Crippen molar-refractivity contribution in [2.24, 2.45) is 67.7 Å². The summed E-state index contributed by atoms with van der Waals surface area (Å²) in [7, 11) is 6.61. The van der Waals surface area contributed by atoms with E-state index in [4.69, 9.17) is 28.8 Å². The Bertz CT molecular complexity index is 4360. The summed E-state index contributed by atoms with van der Waals surface area (Å²) in [5, 5.41) is 41.0. The highest BCUT2D eigenvalue weighted by Crippen LogP contribution is 2.30. The highest BCUT2D eigenvalue weighted by molar-refractivity contribution is 6.30.